The zero-order valence-electron chi connectivity index (χ0n) is 9.66. The molecule has 0 radical (unpaired) electrons. The lowest BCUT2D eigenvalue weighted by Crippen LogP contribution is -2.13. The van der Waals surface area contributed by atoms with E-state index in [1.54, 1.807) is 10.7 Å². The molecule has 0 spiro atoms. The molecule has 0 aliphatic carbocycles. The number of aryl methyl sites for hydroxylation is 2. The van der Waals surface area contributed by atoms with Crippen molar-refractivity contribution in [1.29, 1.82) is 0 Å². The van der Waals surface area contributed by atoms with Gasteiger partial charge in [-0.3, -0.25) is 9.89 Å². The molecule has 1 aromatic heterocycles. The molecule has 0 saturated carbocycles. The number of aromatic nitrogens is 2. The molecular formula is C13H16N2O. The van der Waals surface area contributed by atoms with Gasteiger partial charge < -0.3 is 0 Å². The summed E-state index contributed by atoms with van der Waals surface area (Å²) in [7, 11) is 0. The fraction of sp³-hybridized carbons (Fsp3) is 0.308. The van der Waals surface area contributed by atoms with Crippen molar-refractivity contribution in [3.05, 3.63) is 51.9 Å². The maximum atomic E-state index is 11.6. The Morgan fingerprint density at radius 3 is 2.44 bits per heavy atom. The Morgan fingerprint density at radius 2 is 1.94 bits per heavy atom. The van der Waals surface area contributed by atoms with E-state index in [-0.39, 0.29) is 5.56 Å². The van der Waals surface area contributed by atoms with Gasteiger partial charge in [0.25, 0.3) is 5.56 Å². The van der Waals surface area contributed by atoms with E-state index < -0.39 is 0 Å². The Labute approximate surface area is 94.7 Å². The molecule has 1 aromatic carbocycles. The largest absolute Gasteiger partial charge is 0.295 e. The number of nitrogens with zero attached hydrogens (tertiary/aromatic N) is 1. The molecule has 0 aliphatic heterocycles. The fourth-order valence-electron chi connectivity index (χ4n) is 1.81. The standard InChI is InChI=1S/C13H16N2O/c1-3-4-11-5-7-12(8-6-11)15-13(16)9-10(2)14-15/h5-9,14H,3-4H2,1-2H3. The minimum atomic E-state index is -0.0132. The van der Waals surface area contributed by atoms with Gasteiger partial charge in [0.2, 0.25) is 0 Å². The monoisotopic (exact) mass is 216 g/mol. The van der Waals surface area contributed by atoms with Gasteiger partial charge in [-0.15, -0.1) is 0 Å². The lowest BCUT2D eigenvalue weighted by atomic mass is 10.1. The molecule has 1 N–H and O–H groups in total. The van der Waals surface area contributed by atoms with Crippen molar-refractivity contribution in [3.63, 3.8) is 0 Å². The molecular weight excluding hydrogens is 200 g/mol. The molecule has 0 atom stereocenters. The summed E-state index contributed by atoms with van der Waals surface area (Å²) in [4.78, 5) is 11.6. The molecule has 2 rings (SSSR count). The van der Waals surface area contributed by atoms with Gasteiger partial charge in [-0.25, -0.2) is 4.68 Å². The van der Waals surface area contributed by atoms with Gasteiger partial charge in [0.1, 0.15) is 0 Å². The zero-order chi connectivity index (χ0) is 11.5. The van der Waals surface area contributed by atoms with Gasteiger partial charge in [-0.05, 0) is 31.0 Å². The Kier molecular flexibility index (Phi) is 2.95. The highest BCUT2D eigenvalue weighted by molar-refractivity contribution is 5.34. The van der Waals surface area contributed by atoms with Crippen LogP contribution >= 0.6 is 0 Å². The quantitative estimate of drug-likeness (QED) is 0.840. The van der Waals surface area contributed by atoms with Crippen LogP contribution in [0.25, 0.3) is 5.69 Å². The maximum absolute atomic E-state index is 11.6. The predicted molar refractivity (Wildman–Crippen MR) is 65.1 cm³/mol. The summed E-state index contributed by atoms with van der Waals surface area (Å²) in [6.45, 7) is 4.04. The summed E-state index contributed by atoms with van der Waals surface area (Å²) in [6, 6.07) is 9.69. The first-order chi connectivity index (χ1) is 7.70. The maximum Gasteiger partial charge on any atom is 0.271 e. The molecule has 0 unspecified atom stereocenters. The fourth-order valence-corrected chi connectivity index (χ4v) is 1.81. The van der Waals surface area contributed by atoms with Crippen LogP contribution in [0.3, 0.4) is 0 Å². The molecule has 3 heteroatoms. The molecule has 0 aliphatic rings. The average molecular weight is 216 g/mol. The zero-order valence-corrected chi connectivity index (χ0v) is 9.66. The number of aromatic amines is 1. The normalized spacial score (nSPS) is 10.6. The topological polar surface area (TPSA) is 37.8 Å². The van der Waals surface area contributed by atoms with Crippen molar-refractivity contribution in [3.8, 4) is 5.69 Å². The van der Waals surface area contributed by atoms with Crippen LogP contribution < -0.4 is 5.56 Å². The van der Waals surface area contributed by atoms with Crippen LogP contribution in [0.4, 0.5) is 0 Å². The van der Waals surface area contributed by atoms with E-state index in [1.807, 2.05) is 19.1 Å². The van der Waals surface area contributed by atoms with E-state index in [4.69, 9.17) is 0 Å². The Morgan fingerprint density at radius 1 is 1.25 bits per heavy atom. The van der Waals surface area contributed by atoms with E-state index in [0.717, 1.165) is 24.2 Å². The highest BCUT2D eigenvalue weighted by Crippen LogP contribution is 2.09. The first-order valence-corrected chi connectivity index (χ1v) is 5.58. The summed E-state index contributed by atoms with van der Waals surface area (Å²) < 4.78 is 1.56. The van der Waals surface area contributed by atoms with E-state index in [2.05, 4.69) is 24.2 Å². The van der Waals surface area contributed by atoms with Crippen LogP contribution in [-0.2, 0) is 6.42 Å². The summed E-state index contributed by atoms with van der Waals surface area (Å²) in [5.41, 5.74) is 3.06. The van der Waals surface area contributed by atoms with E-state index in [9.17, 15) is 4.79 Å². The molecule has 0 bridgehead atoms. The van der Waals surface area contributed by atoms with Crippen molar-refractivity contribution < 1.29 is 0 Å². The lowest BCUT2D eigenvalue weighted by Gasteiger charge is -2.03. The highest BCUT2D eigenvalue weighted by atomic mass is 16.1. The van der Waals surface area contributed by atoms with Gasteiger partial charge >= 0.3 is 0 Å². The van der Waals surface area contributed by atoms with Gasteiger partial charge in [0.15, 0.2) is 0 Å². The molecule has 3 nitrogen and oxygen atoms in total. The number of hydrogen-bond donors (Lipinski definition) is 1. The van der Waals surface area contributed by atoms with Crippen LogP contribution in [0.15, 0.2) is 35.1 Å². The number of nitrogens with one attached hydrogen (secondary N) is 1. The van der Waals surface area contributed by atoms with E-state index >= 15 is 0 Å². The van der Waals surface area contributed by atoms with Crippen molar-refractivity contribution in [1.82, 2.24) is 9.78 Å². The number of hydrogen-bond acceptors (Lipinski definition) is 1. The van der Waals surface area contributed by atoms with Gasteiger partial charge in [-0.2, -0.15) is 0 Å². The molecule has 16 heavy (non-hydrogen) atoms. The number of rotatable bonds is 3. The first-order valence-electron chi connectivity index (χ1n) is 5.58. The molecule has 2 aromatic rings. The van der Waals surface area contributed by atoms with Crippen LogP contribution in [-0.4, -0.2) is 9.78 Å². The molecule has 0 amide bonds. The SMILES string of the molecule is CCCc1ccc(-n2[nH]c(C)cc2=O)cc1. The van der Waals surface area contributed by atoms with Crippen molar-refractivity contribution in [2.75, 3.05) is 0 Å². The minimum Gasteiger partial charge on any atom is -0.295 e. The van der Waals surface area contributed by atoms with Crippen LogP contribution in [0.2, 0.25) is 0 Å². The second-order valence-electron chi connectivity index (χ2n) is 4.03. The lowest BCUT2D eigenvalue weighted by molar-refractivity contribution is 0.833. The number of H-pyrrole nitrogens is 1. The minimum absolute atomic E-state index is 0.0132. The van der Waals surface area contributed by atoms with Crippen LogP contribution in [0, 0.1) is 6.92 Å². The van der Waals surface area contributed by atoms with E-state index in [0.29, 0.717) is 0 Å². The van der Waals surface area contributed by atoms with Crippen molar-refractivity contribution >= 4 is 0 Å². The van der Waals surface area contributed by atoms with Crippen LogP contribution in [0.1, 0.15) is 24.6 Å². The van der Waals surface area contributed by atoms with Crippen LogP contribution in [0.5, 0.6) is 0 Å². The smallest absolute Gasteiger partial charge is 0.271 e. The predicted octanol–water partition coefficient (Wildman–Crippen LogP) is 2.43. The second kappa shape index (κ2) is 4.39. The summed E-state index contributed by atoms with van der Waals surface area (Å²) in [5.74, 6) is 0. The third-order valence-corrected chi connectivity index (χ3v) is 2.58. The summed E-state index contributed by atoms with van der Waals surface area (Å²) in [6.07, 6.45) is 2.22. The molecule has 84 valence electrons. The van der Waals surface area contributed by atoms with E-state index in [1.165, 1.54) is 5.56 Å². The highest BCUT2D eigenvalue weighted by Gasteiger charge is 2.01. The van der Waals surface area contributed by atoms with Gasteiger partial charge in [0.05, 0.1) is 5.69 Å². The molecule has 0 saturated heterocycles. The Bertz CT molecular complexity index is 520. The van der Waals surface area contributed by atoms with Crippen molar-refractivity contribution in [2.45, 2.75) is 26.7 Å². The Balaban J connectivity index is 2.34. The third kappa shape index (κ3) is 2.08. The second-order valence-corrected chi connectivity index (χ2v) is 4.03. The summed E-state index contributed by atoms with van der Waals surface area (Å²) >= 11 is 0. The average Bonchev–Trinajstić information content (AvgIpc) is 2.59. The molecule has 1 heterocycles. The summed E-state index contributed by atoms with van der Waals surface area (Å²) in [5, 5.41) is 3.02. The Hall–Kier alpha value is -1.77. The number of benzene rings is 1. The van der Waals surface area contributed by atoms with Gasteiger partial charge in [0, 0.05) is 11.8 Å². The third-order valence-electron chi connectivity index (χ3n) is 2.58. The molecule has 0 fully saturated rings. The first kappa shape index (κ1) is 10.7. The van der Waals surface area contributed by atoms with Gasteiger partial charge in [-0.1, -0.05) is 25.5 Å². The van der Waals surface area contributed by atoms with Crippen molar-refractivity contribution in [2.24, 2.45) is 0 Å².